The van der Waals surface area contributed by atoms with E-state index in [9.17, 15) is 9.59 Å². The Morgan fingerprint density at radius 1 is 1.03 bits per heavy atom. The Bertz CT molecular complexity index is 982. The number of nitrogens with one attached hydrogen (secondary N) is 1. The average molecular weight is 391 g/mol. The quantitative estimate of drug-likeness (QED) is 0.608. The van der Waals surface area contributed by atoms with Gasteiger partial charge in [-0.15, -0.1) is 0 Å². The second-order valence-corrected chi connectivity index (χ2v) is 6.70. The van der Waals surface area contributed by atoms with Crippen molar-refractivity contribution in [2.45, 2.75) is 25.8 Å². The van der Waals surface area contributed by atoms with Gasteiger partial charge in [-0.3, -0.25) is 9.59 Å². The molecule has 0 atom stereocenters. The van der Waals surface area contributed by atoms with E-state index < -0.39 is 0 Å². The maximum absolute atomic E-state index is 12.1. The largest absolute Gasteiger partial charge is 0.497 e. The lowest BCUT2D eigenvalue weighted by Gasteiger charge is -2.08. The Kier molecular flexibility index (Phi) is 7.16. The van der Waals surface area contributed by atoms with Crippen LogP contribution in [0, 0.1) is 0 Å². The molecule has 3 aromatic rings. The Morgan fingerprint density at radius 2 is 1.79 bits per heavy atom. The smallest absolute Gasteiger partial charge is 0.266 e. The van der Waals surface area contributed by atoms with Gasteiger partial charge in [0.25, 0.3) is 5.56 Å². The lowest BCUT2D eigenvalue weighted by Crippen LogP contribution is -2.27. The number of amides is 1. The number of rotatable bonds is 9. The number of aromatic nitrogens is 2. The summed E-state index contributed by atoms with van der Waals surface area (Å²) in [6, 6.07) is 20.7. The van der Waals surface area contributed by atoms with E-state index in [-0.39, 0.29) is 11.5 Å². The Labute approximate surface area is 170 Å². The summed E-state index contributed by atoms with van der Waals surface area (Å²) in [4.78, 5) is 24.1. The van der Waals surface area contributed by atoms with Crippen molar-refractivity contribution in [3.63, 3.8) is 0 Å². The van der Waals surface area contributed by atoms with Gasteiger partial charge in [-0.25, -0.2) is 4.68 Å². The molecule has 0 saturated carbocycles. The molecule has 6 nitrogen and oxygen atoms in total. The molecule has 0 saturated heterocycles. The topological polar surface area (TPSA) is 73.2 Å². The standard InChI is InChI=1S/C23H25N3O3/c1-29-20-11-9-18(10-12-20)15-16-24-22(27)8-5-17-26-23(28)14-13-21(25-26)19-6-3-2-4-7-19/h2-4,6-7,9-14H,5,8,15-17H2,1H3,(H,24,27). The molecule has 0 aliphatic rings. The molecule has 0 unspecified atom stereocenters. The third-order valence-corrected chi connectivity index (χ3v) is 4.60. The highest BCUT2D eigenvalue weighted by Crippen LogP contribution is 2.14. The fourth-order valence-corrected chi connectivity index (χ4v) is 2.99. The van der Waals surface area contributed by atoms with E-state index in [1.165, 1.54) is 10.7 Å². The van der Waals surface area contributed by atoms with Gasteiger partial charge in [-0.1, -0.05) is 42.5 Å². The summed E-state index contributed by atoms with van der Waals surface area (Å²) >= 11 is 0. The van der Waals surface area contributed by atoms with Gasteiger partial charge in [0, 0.05) is 31.1 Å². The number of ether oxygens (including phenoxy) is 1. The number of carbonyl (C=O) groups is 1. The molecule has 6 heteroatoms. The fraction of sp³-hybridized carbons (Fsp3) is 0.261. The number of hydrogen-bond donors (Lipinski definition) is 1. The van der Waals surface area contributed by atoms with Crippen molar-refractivity contribution in [2.24, 2.45) is 0 Å². The normalized spacial score (nSPS) is 10.5. The van der Waals surface area contributed by atoms with Gasteiger partial charge in [0.2, 0.25) is 5.91 Å². The summed E-state index contributed by atoms with van der Waals surface area (Å²) in [6.45, 7) is 0.984. The van der Waals surface area contributed by atoms with Crippen molar-refractivity contribution in [3.05, 3.63) is 82.6 Å². The van der Waals surface area contributed by atoms with Crippen molar-refractivity contribution in [2.75, 3.05) is 13.7 Å². The molecule has 0 aliphatic heterocycles. The highest BCUT2D eigenvalue weighted by atomic mass is 16.5. The van der Waals surface area contributed by atoms with Crippen LogP contribution in [0.1, 0.15) is 18.4 Å². The lowest BCUT2D eigenvalue weighted by molar-refractivity contribution is -0.121. The summed E-state index contributed by atoms with van der Waals surface area (Å²) < 4.78 is 6.56. The second kappa shape index (κ2) is 10.2. The number of carbonyl (C=O) groups excluding carboxylic acids is 1. The highest BCUT2D eigenvalue weighted by Gasteiger charge is 2.05. The van der Waals surface area contributed by atoms with Crippen molar-refractivity contribution in [1.82, 2.24) is 15.1 Å². The average Bonchev–Trinajstić information content (AvgIpc) is 2.76. The molecule has 0 spiro atoms. The van der Waals surface area contributed by atoms with E-state index in [1.807, 2.05) is 54.6 Å². The van der Waals surface area contributed by atoms with Gasteiger partial charge >= 0.3 is 0 Å². The van der Waals surface area contributed by atoms with Crippen molar-refractivity contribution in [3.8, 4) is 17.0 Å². The molecule has 0 radical (unpaired) electrons. The van der Waals surface area contributed by atoms with Gasteiger partial charge in [0.1, 0.15) is 5.75 Å². The maximum atomic E-state index is 12.1. The predicted octanol–water partition coefficient (Wildman–Crippen LogP) is 3.06. The number of nitrogens with zero attached hydrogens (tertiary/aromatic N) is 2. The first kappa shape index (κ1) is 20.3. The highest BCUT2D eigenvalue weighted by molar-refractivity contribution is 5.75. The van der Waals surface area contributed by atoms with Crippen LogP contribution in [-0.4, -0.2) is 29.3 Å². The number of methoxy groups -OCH3 is 1. The third kappa shape index (κ3) is 6.04. The van der Waals surface area contributed by atoms with Gasteiger partial charge in [-0.2, -0.15) is 5.10 Å². The summed E-state index contributed by atoms with van der Waals surface area (Å²) in [6.07, 6.45) is 1.67. The van der Waals surface area contributed by atoms with Crippen molar-refractivity contribution < 1.29 is 9.53 Å². The van der Waals surface area contributed by atoms with Gasteiger partial charge in [-0.05, 0) is 36.6 Å². The minimum atomic E-state index is -0.162. The van der Waals surface area contributed by atoms with E-state index >= 15 is 0 Å². The van der Waals surface area contributed by atoms with Gasteiger partial charge in [0.05, 0.1) is 12.8 Å². The Hall–Kier alpha value is -3.41. The van der Waals surface area contributed by atoms with Gasteiger partial charge in [0.15, 0.2) is 0 Å². The SMILES string of the molecule is COc1ccc(CCNC(=O)CCCn2nc(-c3ccccc3)ccc2=O)cc1. The molecule has 3 rings (SSSR count). The minimum absolute atomic E-state index is 0.0224. The molecule has 150 valence electrons. The van der Waals surface area contributed by atoms with Crippen LogP contribution in [0.15, 0.2) is 71.5 Å². The first-order chi connectivity index (χ1) is 14.2. The fourth-order valence-electron chi connectivity index (χ4n) is 2.99. The van der Waals surface area contributed by atoms with Gasteiger partial charge < -0.3 is 10.1 Å². The van der Waals surface area contributed by atoms with Crippen LogP contribution in [0.3, 0.4) is 0 Å². The van der Waals surface area contributed by atoms with E-state index in [2.05, 4.69) is 10.4 Å². The summed E-state index contributed by atoms with van der Waals surface area (Å²) in [5.41, 5.74) is 2.68. The zero-order chi connectivity index (χ0) is 20.5. The molecule has 1 heterocycles. The predicted molar refractivity (Wildman–Crippen MR) is 113 cm³/mol. The van der Waals surface area contributed by atoms with Crippen molar-refractivity contribution in [1.29, 1.82) is 0 Å². The number of benzene rings is 2. The molecular formula is C23H25N3O3. The van der Waals surface area contributed by atoms with E-state index in [4.69, 9.17) is 4.74 Å². The first-order valence-corrected chi connectivity index (χ1v) is 9.69. The molecule has 1 aromatic heterocycles. The molecule has 1 N–H and O–H groups in total. The first-order valence-electron chi connectivity index (χ1n) is 9.69. The van der Waals surface area contributed by atoms with Crippen LogP contribution in [0.4, 0.5) is 0 Å². The Balaban J connectivity index is 1.44. The van der Waals surface area contributed by atoms with Crippen LogP contribution in [-0.2, 0) is 17.8 Å². The molecule has 0 bridgehead atoms. The molecule has 0 fully saturated rings. The monoisotopic (exact) mass is 391 g/mol. The van der Waals surface area contributed by atoms with Crippen molar-refractivity contribution >= 4 is 5.91 Å². The van der Waals surface area contributed by atoms with Crippen LogP contribution in [0.25, 0.3) is 11.3 Å². The van der Waals surface area contributed by atoms with Crippen LogP contribution >= 0.6 is 0 Å². The lowest BCUT2D eigenvalue weighted by atomic mass is 10.1. The Morgan fingerprint density at radius 3 is 2.52 bits per heavy atom. The van der Waals surface area contributed by atoms with E-state index in [0.29, 0.717) is 25.9 Å². The summed E-state index contributed by atoms with van der Waals surface area (Å²) in [5.74, 6) is 0.795. The van der Waals surface area contributed by atoms with Crippen LogP contribution in [0.2, 0.25) is 0 Å². The minimum Gasteiger partial charge on any atom is -0.497 e. The van der Waals surface area contributed by atoms with Crippen LogP contribution in [0.5, 0.6) is 5.75 Å². The van der Waals surface area contributed by atoms with E-state index in [1.54, 1.807) is 13.2 Å². The molecule has 0 aliphatic carbocycles. The van der Waals surface area contributed by atoms with Crippen LogP contribution < -0.4 is 15.6 Å². The number of aryl methyl sites for hydroxylation is 1. The molecule has 29 heavy (non-hydrogen) atoms. The maximum Gasteiger partial charge on any atom is 0.266 e. The molecule has 1 amide bonds. The third-order valence-electron chi connectivity index (χ3n) is 4.60. The summed E-state index contributed by atoms with van der Waals surface area (Å²) in [7, 11) is 1.64. The molecule has 2 aromatic carbocycles. The zero-order valence-corrected chi connectivity index (χ0v) is 16.5. The summed E-state index contributed by atoms with van der Waals surface area (Å²) in [5, 5.41) is 7.34. The van der Waals surface area contributed by atoms with E-state index in [0.717, 1.165) is 29.0 Å². The molecular weight excluding hydrogens is 366 g/mol. The second-order valence-electron chi connectivity index (χ2n) is 6.70. The zero-order valence-electron chi connectivity index (χ0n) is 16.5. The number of hydrogen-bond acceptors (Lipinski definition) is 4.